The summed E-state index contributed by atoms with van der Waals surface area (Å²) in [5.41, 5.74) is 2.93. The van der Waals surface area contributed by atoms with Crippen LogP contribution in [0, 0.1) is 12.5 Å². The normalized spacial score (nSPS) is 38.2. The summed E-state index contributed by atoms with van der Waals surface area (Å²) in [5, 5.41) is 0. The van der Waals surface area contributed by atoms with E-state index in [0.717, 1.165) is 31.6 Å². The van der Waals surface area contributed by atoms with E-state index in [9.17, 15) is 4.79 Å². The van der Waals surface area contributed by atoms with Gasteiger partial charge in [0.2, 0.25) is 5.69 Å². The van der Waals surface area contributed by atoms with Crippen LogP contribution >= 0.6 is 0 Å². The molecule has 2 aliphatic carbocycles. The number of Topliss-reactive ketones (excluding diaryl/α,β-unsaturated/α-hetero) is 1. The Balaban J connectivity index is 1.84. The number of piperidine rings is 1. The first kappa shape index (κ1) is 12.7. The van der Waals surface area contributed by atoms with Crippen LogP contribution in [0.5, 0.6) is 5.75 Å². The molecule has 1 saturated carbocycles. The molecule has 0 radical (unpaired) electrons. The average molecular weight is 294 g/mol. The van der Waals surface area contributed by atoms with Crippen LogP contribution in [-0.2, 0) is 16.6 Å². The number of carbonyl (C=O) groups is 1. The molecule has 2 fully saturated rings. The summed E-state index contributed by atoms with van der Waals surface area (Å²) in [6.07, 6.45) is 3.24. The molecule has 0 N–H and O–H groups in total. The highest BCUT2D eigenvalue weighted by Crippen LogP contribution is 2.63. The lowest BCUT2D eigenvalue weighted by Crippen LogP contribution is -2.65. The Morgan fingerprint density at radius 1 is 1.45 bits per heavy atom. The number of benzene rings is 1. The molecule has 0 aromatic heterocycles. The zero-order chi connectivity index (χ0) is 15.1. The van der Waals surface area contributed by atoms with Crippen LogP contribution in [0.15, 0.2) is 12.1 Å². The monoisotopic (exact) mass is 294 g/mol. The molecule has 22 heavy (non-hydrogen) atoms. The summed E-state index contributed by atoms with van der Waals surface area (Å²) in [6.45, 7) is 8.43. The number of likely N-dealkylation sites (tertiary alicyclic amines) is 1. The molecule has 4 nitrogen and oxygen atoms in total. The van der Waals surface area contributed by atoms with Crippen molar-refractivity contribution in [1.82, 2.24) is 4.90 Å². The summed E-state index contributed by atoms with van der Waals surface area (Å²) in [6, 6.07) is 4.47. The predicted molar refractivity (Wildman–Crippen MR) is 81.3 cm³/mol. The molecule has 5 rings (SSSR count). The standard InChI is InChI=1S/C18H18N2O2/c1-19-12-5-3-10-9-13-11-4-6-14(21)17-18(11,7-8-20(13)2)15(10)16(12)22-17/h3,5,11,13,17H,4,6-9H2,2H3/t11-,13+,17-,18-/m0/s1. The fraction of sp³-hybridized carbons (Fsp3) is 0.556. The maximum absolute atomic E-state index is 12.6. The van der Waals surface area contributed by atoms with Crippen LogP contribution < -0.4 is 4.74 Å². The minimum atomic E-state index is -0.348. The zero-order valence-corrected chi connectivity index (χ0v) is 12.6. The Bertz CT molecular complexity index is 750. The van der Waals surface area contributed by atoms with Gasteiger partial charge in [0.05, 0.1) is 6.57 Å². The summed E-state index contributed by atoms with van der Waals surface area (Å²) >= 11 is 0. The van der Waals surface area contributed by atoms with Gasteiger partial charge in [-0.05, 0) is 49.9 Å². The Hall–Kier alpha value is -1.86. The number of likely N-dealkylation sites (N-methyl/N-ethyl adjacent to an activating group) is 1. The molecule has 1 spiro atoms. The molecule has 4 heteroatoms. The molecule has 1 saturated heterocycles. The summed E-state index contributed by atoms with van der Waals surface area (Å²) in [7, 11) is 2.21. The van der Waals surface area contributed by atoms with Crippen molar-refractivity contribution in [1.29, 1.82) is 0 Å². The Labute approximate surface area is 129 Å². The molecule has 0 unspecified atom stereocenters. The number of hydrogen-bond acceptors (Lipinski definition) is 3. The Morgan fingerprint density at radius 3 is 3.14 bits per heavy atom. The fourth-order valence-electron chi connectivity index (χ4n) is 5.61. The number of carbonyl (C=O) groups excluding carboxylic acids is 1. The van der Waals surface area contributed by atoms with Gasteiger partial charge >= 0.3 is 0 Å². The average Bonchev–Trinajstić information content (AvgIpc) is 2.88. The number of ether oxygens (including phenoxy) is 1. The van der Waals surface area contributed by atoms with Crippen LogP contribution in [0.25, 0.3) is 4.85 Å². The largest absolute Gasteiger partial charge is 0.492 e. The van der Waals surface area contributed by atoms with E-state index in [-0.39, 0.29) is 17.3 Å². The first-order chi connectivity index (χ1) is 10.7. The second kappa shape index (κ2) is 3.91. The molecule has 4 atom stereocenters. The highest BCUT2D eigenvalue weighted by molar-refractivity contribution is 5.89. The van der Waals surface area contributed by atoms with Gasteiger partial charge in [-0.3, -0.25) is 4.79 Å². The number of rotatable bonds is 0. The SMILES string of the molecule is [C-]#[N+]c1ccc2c3c1O[C@H]1C(=O)CC[C@H]4[C@@H](C2)N(C)CC[C@]314. The topological polar surface area (TPSA) is 33.9 Å². The van der Waals surface area contributed by atoms with Gasteiger partial charge < -0.3 is 9.64 Å². The van der Waals surface area contributed by atoms with Crippen molar-refractivity contribution in [3.8, 4) is 5.75 Å². The van der Waals surface area contributed by atoms with E-state index in [4.69, 9.17) is 11.3 Å². The molecule has 2 heterocycles. The van der Waals surface area contributed by atoms with E-state index >= 15 is 0 Å². The van der Waals surface area contributed by atoms with Crippen LogP contribution in [0.2, 0.25) is 0 Å². The van der Waals surface area contributed by atoms with Crippen molar-refractivity contribution >= 4 is 11.5 Å². The van der Waals surface area contributed by atoms with Crippen LogP contribution in [0.4, 0.5) is 5.69 Å². The number of hydrogen-bond donors (Lipinski definition) is 0. The van der Waals surface area contributed by atoms with Crippen LogP contribution in [0.1, 0.15) is 30.4 Å². The van der Waals surface area contributed by atoms with Gasteiger partial charge in [0.25, 0.3) is 0 Å². The van der Waals surface area contributed by atoms with E-state index in [1.807, 2.05) is 6.07 Å². The van der Waals surface area contributed by atoms with Gasteiger partial charge in [-0.1, -0.05) is 12.1 Å². The third kappa shape index (κ3) is 1.22. The highest BCUT2D eigenvalue weighted by Gasteiger charge is 2.65. The first-order valence-corrected chi connectivity index (χ1v) is 8.10. The molecule has 4 aliphatic rings. The van der Waals surface area contributed by atoms with Crippen LogP contribution in [-0.4, -0.2) is 36.4 Å². The smallest absolute Gasteiger partial charge is 0.228 e. The second-order valence-electron chi connectivity index (χ2n) is 7.21. The molecule has 1 aromatic rings. The number of ketones is 1. The lowest BCUT2D eigenvalue weighted by molar-refractivity contribution is -0.138. The summed E-state index contributed by atoms with van der Waals surface area (Å²) in [5.74, 6) is 1.45. The third-order valence-electron chi connectivity index (χ3n) is 6.51. The van der Waals surface area contributed by atoms with E-state index in [2.05, 4.69) is 22.9 Å². The molecule has 0 amide bonds. The second-order valence-corrected chi connectivity index (χ2v) is 7.21. The molecule has 2 aliphatic heterocycles. The van der Waals surface area contributed by atoms with Crippen molar-refractivity contribution in [3.63, 3.8) is 0 Å². The zero-order valence-electron chi connectivity index (χ0n) is 12.6. The van der Waals surface area contributed by atoms with Gasteiger partial charge in [0.15, 0.2) is 11.9 Å². The van der Waals surface area contributed by atoms with E-state index < -0.39 is 0 Å². The Kier molecular flexibility index (Phi) is 2.25. The summed E-state index contributed by atoms with van der Waals surface area (Å²) in [4.78, 5) is 18.7. The van der Waals surface area contributed by atoms with Crippen LogP contribution in [0.3, 0.4) is 0 Å². The molecule has 2 bridgehead atoms. The maximum atomic E-state index is 12.6. The highest BCUT2D eigenvalue weighted by atomic mass is 16.5. The van der Waals surface area contributed by atoms with Crippen molar-refractivity contribution in [2.75, 3.05) is 13.6 Å². The lowest BCUT2D eigenvalue weighted by atomic mass is 9.51. The maximum Gasteiger partial charge on any atom is 0.228 e. The fourth-order valence-corrected chi connectivity index (χ4v) is 5.61. The van der Waals surface area contributed by atoms with E-state index in [0.29, 0.717) is 24.1 Å². The minimum Gasteiger partial charge on any atom is -0.492 e. The molecule has 112 valence electrons. The van der Waals surface area contributed by atoms with Crippen molar-refractivity contribution in [2.45, 2.75) is 43.2 Å². The molecular formula is C18H18N2O2. The van der Waals surface area contributed by atoms with Crippen molar-refractivity contribution in [2.24, 2.45) is 5.92 Å². The van der Waals surface area contributed by atoms with Crippen molar-refractivity contribution in [3.05, 3.63) is 34.7 Å². The first-order valence-electron chi connectivity index (χ1n) is 8.10. The molecular weight excluding hydrogens is 276 g/mol. The van der Waals surface area contributed by atoms with E-state index in [1.54, 1.807) is 0 Å². The Morgan fingerprint density at radius 2 is 2.32 bits per heavy atom. The predicted octanol–water partition coefficient (Wildman–Crippen LogP) is 2.48. The van der Waals surface area contributed by atoms with Gasteiger partial charge in [0.1, 0.15) is 5.75 Å². The van der Waals surface area contributed by atoms with E-state index in [1.165, 1.54) is 11.1 Å². The quantitative estimate of drug-likeness (QED) is 0.689. The van der Waals surface area contributed by atoms with Gasteiger partial charge in [-0.2, -0.15) is 0 Å². The third-order valence-corrected chi connectivity index (χ3v) is 6.51. The molecule has 1 aromatic carbocycles. The van der Waals surface area contributed by atoms with Gasteiger partial charge in [0, 0.05) is 17.9 Å². The number of nitrogens with zero attached hydrogens (tertiary/aromatic N) is 2. The lowest BCUT2D eigenvalue weighted by Gasteiger charge is -2.57. The minimum absolute atomic E-state index is 0.157. The van der Waals surface area contributed by atoms with Crippen molar-refractivity contribution < 1.29 is 9.53 Å². The summed E-state index contributed by atoms with van der Waals surface area (Å²) < 4.78 is 6.17. The van der Waals surface area contributed by atoms with Gasteiger partial charge in [-0.25, -0.2) is 4.85 Å². The van der Waals surface area contributed by atoms with Gasteiger partial charge in [-0.15, -0.1) is 0 Å².